The minimum atomic E-state index is -0.659. The number of hydrogen-bond acceptors (Lipinski definition) is 2. The van der Waals surface area contributed by atoms with E-state index in [1.54, 1.807) is 18.2 Å². The minimum absolute atomic E-state index is 0.317. The van der Waals surface area contributed by atoms with Crippen LogP contribution in [0.2, 0.25) is 5.02 Å². The molecule has 0 saturated heterocycles. The lowest BCUT2D eigenvalue weighted by Gasteiger charge is -2.30. The Morgan fingerprint density at radius 3 is 2.84 bits per heavy atom. The van der Waals surface area contributed by atoms with Crippen LogP contribution >= 0.6 is 11.6 Å². The number of halogens is 2. The van der Waals surface area contributed by atoms with Crippen molar-refractivity contribution in [3.05, 3.63) is 64.4 Å². The van der Waals surface area contributed by atoms with E-state index in [1.165, 1.54) is 12.1 Å². The molecule has 1 N–H and O–H groups in total. The van der Waals surface area contributed by atoms with Gasteiger partial charge in [-0.1, -0.05) is 23.7 Å². The van der Waals surface area contributed by atoms with E-state index in [9.17, 15) is 9.50 Å². The second-order valence-corrected chi connectivity index (χ2v) is 5.03. The molecule has 1 aliphatic rings. The molecule has 0 aromatic heterocycles. The number of ether oxygens (including phenoxy) is 1. The fourth-order valence-corrected chi connectivity index (χ4v) is 2.53. The highest BCUT2D eigenvalue weighted by atomic mass is 35.5. The summed E-state index contributed by atoms with van der Waals surface area (Å²) in [5.74, 6) is 0.0152. The minimum Gasteiger partial charge on any atom is -0.485 e. The van der Waals surface area contributed by atoms with Crippen molar-refractivity contribution in [2.24, 2.45) is 0 Å². The van der Waals surface area contributed by atoms with Crippen LogP contribution in [0, 0.1) is 5.82 Å². The molecule has 2 nitrogen and oxygen atoms in total. The number of fused-ring (bicyclic) bond motifs is 1. The number of rotatable bonds is 1. The second-order valence-electron chi connectivity index (χ2n) is 4.60. The van der Waals surface area contributed by atoms with Gasteiger partial charge >= 0.3 is 0 Å². The Balaban J connectivity index is 1.96. The molecular formula is C15H12ClFO2. The smallest absolute Gasteiger partial charge is 0.128 e. The van der Waals surface area contributed by atoms with Crippen LogP contribution in [0.3, 0.4) is 0 Å². The van der Waals surface area contributed by atoms with Gasteiger partial charge in [-0.3, -0.25) is 0 Å². The Hall–Kier alpha value is -1.58. The maximum atomic E-state index is 13.2. The van der Waals surface area contributed by atoms with Crippen LogP contribution in [0.25, 0.3) is 0 Å². The predicted octanol–water partition coefficient (Wildman–Crippen LogP) is 4.04. The van der Waals surface area contributed by atoms with Gasteiger partial charge in [0.2, 0.25) is 0 Å². The van der Waals surface area contributed by atoms with Crippen LogP contribution in [0.5, 0.6) is 5.75 Å². The summed E-state index contributed by atoms with van der Waals surface area (Å²) in [6.07, 6.45) is -0.546. The van der Waals surface area contributed by atoms with Crippen molar-refractivity contribution < 1.29 is 14.2 Å². The van der Waals surface area contributed by atoms with Crippen molar-refractivity contribution in [1.82, 2.24) is 0 Å². The fourth-order valence-electron chi connectivity index (χ4n) is 2.33. The Kier molecular flexibility index (Phi) is 3.17. The first-order valence-corrected chi connectivity index (χ1v) is 6.41. The van der Waals surface area contributed by atoms with Crippen molar-refractivity contribution in [3.8, 4) is 5.75 Å². The van der Waals surface area contributed by atoms with Crippen molar-refractivity contribution in [2.45, 2.75) is 18.6 Å². The van der Waals surface area contributed by atoms with E-state index in [-0.39, 0.29) is 11.9 Å². The van der Waals surface area contributed by atoms with E-state index in [0.29, 0.717) is 22.8 Å². The molecule has 2 aromatic carbocycles. The van der Waals surface area contributed by atoms with Gasteiger partial charge in [0.05, 0.1) is 6.10 Å². The third-order valence-electron chi connectivity index (χ3n) is 3.26. The SMILES string of the molecule is O[C@H]1CC(c2cccc(Cl)c2)Oc2cc(F)ccc21. The zero-order valence-corrected chi connectivity index (χ0v) is 10.8. The lowest BCUT2D eigenvalue weighted by molar-refractivity contribution is 0.0654. The van der Waals surface area contributed by atoms with E-state index in [2.05, 4.69) is 0 Å². The van der Waals surface area contributed by atoms with Gasteiger partial charge in [0, 0.05) is 23.1 Å². The first-order chi connectivity index (χ1) is 9.13. The summed E-state index contributed by atoms with van der Waals surface area (Å²) < 4.78 is 19.0. The molecule has 0 bridgehead atoms. The third kappa shape index (κ3) is 2.44. The van der Waals surface area contributed by atoms with Gasteiger partial charge in [-0.2, -0.15) is 0 Å². The molecule has 0 fully saturated rings. The van der Waals surface area contributed by atoms with Crippen LogP contribution in [0.1, 0.15) is 29.8 Å². The van der Waals surface area contributed by atoms with Gasteiger partial charge in [-0.15, -0.1) is 0 Å². The van der Waals surface area contributed by atoms with Crippen LogP contribution in [0.15, 0.2) is 42.5 Å². The average Bonchev–Trinajstić information content (AvgIpc) is 2.38. The van der Waals surface area contributed by atoms with E-state index in [1.807, 2.05) is 12.1 Å². The summed E-state index contributed by atoms with van der Waals surface area (Å²) >= 11 is 5.95. The summed E-state index contributed by atoms with van der Waals surface area (Å²) in [5.41, 5.74) is 1.50. The molecule has 0 saturated carbocycles. The highest BCUT2D eigenvalue weighted by Crippen LogP contribution is 2.41. The fraction of sp³-hybridized carbons (Fsp3) is 0.200. The topological polar surface area (TPSA) is 29.5 Å². The molecule has 2 aromatic rings. The monoisotopic (exact) mass is 278 g/mol. The number of aliphatic hydroxyl groups excluding tert-OH is 1. The third-order valence-corrected chi connectivity index (χ3v) is 3.50. The number of hydrogen-bond donors (Lipinski definition) is 1. The lowest BCUT2D eigenvalue weighted by Crippen LogP contribution is -2.19. The predicted molar refractivity (Wildman–Crippen MR) is 70.8 cm³/mol. The summed E-state index contributed by atoms with van der Waals surface area (Å²) in [7, 11) is 0. The highest BCUT2D eigenvalue weighted by Gasteiger charge is 2.28. The van der Waals surface area contributed by atoms with E-state index in [4.69, 9.17) is 16.3 Å². The number of benzene rings is 2. The Bertz CT molecular complexity index is 615. The van der Waals surface area contributed by atoms with Crippen LogP contribution in [-0.4, -0.2) is 5.11 Å². The molecule has 1 unspecified atom stereocenters. The molecule has 0 spiro atoms. The van der Waals surface area contributed by atoms with Crippen LogP contribution in [-0.2, 0) is 0 Å². The van der Waals surface area contributed by atoms with E-state index in [0.717, 1.165) is 5.56 Å². The van der Waals surface area contributed by atoms with E-state index < -0.39 is 6.10 Å². The van der Waals surface area contributed by atoms with Crippen LogP contribution in [0.4, 0.5) is 4.39 Å². The molecular weight excluding hydrogens is 267 g/mol. The second kappa shape index (κ2) is 4.83. The maximum absolute atomic E-state index is 13.2. The average molecular weight is 279 g/mol. The van der Waals surface area contributed by atoms with Crippen molar-refractivity contribution in [3.63, 3.8) is 0 Å². The first kappa shape index (κ1) is 12.5. The lowest BCUT2D eigenvalue weighted by atomic mass is 9.95. The standard InChI is InChI=1S/C15H12ClFO2/c16-10-3-1-2-9(6-10)14-8-13(18)12-5-4-11(17)7-15(12)19-14/h1-7,13-14,18H,8H2/t13-,14?/m0/s1. The zero-order valence-electron chi connectivity index (χ0n) is 10.0. The summed E-state index contributed by atoms with van der Waals surface area (Å²) in [6, 6.07) is 11.5. The molecule has 0 amide bonds. The Labute approximate surface area is 115 Å². The Morgan fingerprint density at radius 1 is 1.21 bits per heavy atom. The first-order valence-electron chi connectivity index (χ1n) is 6.03. The van der Waals surface area contributed by atoms with E-state index >= 15 is 0 Å². The largest absolute Gasteiger partial charge is 0.485 e. The zero-order chi connectivity index (χ0) is 13.4. The van der Waals surface area contributed by atoms with Crippen molar-refractivity contribution in [1.29, 1.82) is 0 Å². The van der Waals surface area contributed by atoms with Gasteiger partial charge in [-0.05, 0) is 29.8 Å². The van der Waals surface area contributed by atoms with Gasteiger partial charge in [-0.25, -0.2) is 4.39 Å². The molecule has 2 atom stereocenters. The molecule has 0 aliphatic carbocycles. The van der Waals surface area contributed by atoms with Gasteiger partial charge in [0.1, 0.15) is 17.7 Å². The summed E-state index contributed by atoms with van der Waals surface area (Å²) in [4.78, 5) is 0. The van der Waals surface area contributed by atoms with Gasteiger partial charge in [0.25, 0.3) is 0 Å². The molecule has 0 radical (unpaired) electrons. The molecule has 19 heavy (non-hydrogen) atoms. The normalized spacial score (nSPS) is 21.6. The molecule has 1 heterocycles. The molecule has 98 valence electrons. The Morgan fingerprint density at radius 2 is 2.05 bits per heavy atom. The van der Waals surface area contributed by atoms with Crippen LogP contribution < -0.4 is 4.74 Å². The highest BCUT2D eigenvalue weighted by molar-refractivity contribution is 6.30. The molecule has 4 heteroatoms. The summed E-state index contributed by atoms with van der Waals surface area (Å²) in [5, 5.41) is 10.7. The summed E-state index contributed by atoms with van der Waals surface area (Å²) in [6.45, 7) is 0. The molecule has 1 aliphatic heterocycles. The van der Waals surface area contributed by atoms with Crippen molar-refractivity contribution in [2.75, 3.05) is 0 Å². The molecule has 3 rings (SSSR count). The van der Waals surface area contributed by atoms with Crippen molar-refractivity contribution >= 4 is 11.6 Å². The van der Waals surface area contributed by atoms with Gasteiger partial charge < -0.3 is 9.84 Å². The maximum Gasteiger partial charge on any atom is 0.128 e. The number of aliphatic hydroxyl groups is 1. The van der Waals surface area contributed by atoms with Gasteiger partial charge in [0.15, 0.2) is 0 Å². The quantitative estimate of drug-likeness (QED) is 0.853.